The highest BCUT2D eigenvalue weighted by Gasteiger charge is 2.14. The Kier molecular flexibility index (Phi) is 4.03. The van der Waals surface area contributed by atoms with E-state index in [4.69, 9.17) is 0 Å². The summed E-state index contributed by atoms with van der Waals surface area (Å²) in [5.74, 6) is 0.673. The van der Waals surface area contributed by atoms with Crippen molar-refractivity contribution in [2.24, 2.45) is 0 Å². The van der Waals surface area contributed by atoms with Gasteiger partial charge in [0.05, 0.1) is 4.92 Å². The molecule has 0 spiro atoms. The van der Waals surface area contributed by atoms with Crippen molar-refractivity contribution < 1.29 is 4.92 Å². The largest absolute Gasteiger partial charge is 0.373 e. The predicted molar refractivity (Wildman–Crippen MR) is 59.1 cm³/mol. The second kappa shape index (κ2) is 5.29. The van der Waals surface area contributed by atoms with E-state index in [-0.39, 0.29) is 10.6 Å². The van der Waals surface area contributed by atoms with Crippen LogP contribution in [0.1, 0.15) is 25.5 Å². The Morgan fingerprint density at radius 1 is 1.53 bits per heavy atom. The molecule has 1 rings (SSSR count). The maximum Gasteiger partial charge on any atom is 0.290 e. The number of nitrogens with one attached hydrogen (secondary N) is 1. The van der Waals surface area contributed by atoms with Crippen molar-refractivity contribution in [1.82, 2.24) is 4.98 Å². The molecule has 0 aliphatic rings. The van der Waals surface area contributed by atoms with Gasteiger partial charge in [-0.3, -0.25) is 10.1 Å². The third-order valence-electron chi connectivity index (χ3n) is 2.17. The fourth-order valence-corrected chi connectivity index (χ4v) is 1.33. The summed E-state index contributed by atoms with van der Waals surface area (Å²) in [5.41, 5.74) is 0.677. The van der Waals surface area contributed by atoms with Crippen LogP contribution in [0.4, 0.5) is 11.5 Å². The summed E-state index contributed by atoms with van der Waals surface area (Å²) < 4.78 is 0. The van der Waals surface area contributed by atoms with Gasteiger partial charge in [-0.2, -0.15) is 0 Å². The highest BCUT2D eigenvalue weighted by molar-refractivity contribution is 5.45. The average Bonchev–Trinajstić information content (AvgIpc) is 2.25. The molecule has 1 N–H and O–H groups in total. The number of unbranched alkanes of at least 4 members (excludes halogenated alkanes) is 1. The zero-order valence-corrected chi connectivity index (χ0v) is 8.99. The van der Waals surface area contributed by atoms with Crippen molar-refractivity contribution in [3.8, 4) is 0 Å². The molecule has 0 amide bonds. The van der Waals surface area contributed by atoms with Gasteiger partial charge in [0, 0.05) is 13.1 Å². The fourth-order valence-electron chi connectivity index (χ4n) is 1.33. The molecular formula is C10H15N3O2. The maximum atomic E-state index is 10.7. The van der Waals surface area contributed by atoms with E-state index in [0.29, 0.717) is 17.9 Å². The van der Waals surface area contributed by atoms with Crippen LogP contribution >= 0.6 is 0 Å². The number of aryl methyl sites for hydroxylation is 1. The Balaban J connectivity index is 2.99. The van der Waals surface area contributed by atoms with E-state index < -0.39 is 0 Å². The highest BCUT2D eigenvalue weighted by atomic mass is 16.6. The van der Waals surface area contributed by atoms with Gasteiger partial charge in [0.2, 0.25) is 0 Å². The molecular weight excluding hydrogens is 194 g/mol. The van der Waals surface area contributed by atoms with Gasteiger partial charge in [-0.15, -0.1) is 0 Å². The standard InChI is InChI=1S/C10H15N3O2/c1-3-4-5-8-9(13(14)15)6-7-10(11-2)12-8/h6-7H,3-5H2,1-2H3,(H,11,12). The number of rotatable bonds is 5. The molecule has 0 radical (unpaired) electrons. The summed E-state index contributed by atoms with van der Waals surface area (Å²) in [6.45, 7) is 2.05. The monoisotopic (exact) mass is 209 g/mol. The third kappa shape index (κ3) is 2.90. The molecule has 1 heterocycles. The molecule has 1 aromatic rings. The number of nitrogens with zero attached hydrogens (tertiary/aromatic N) is 2. The lowest BCUT2D eigenvalue weighted by Crippen LogP contribution is -2.01. The van der Waals surface area contributed by atoms with Crippen molar-refractivity contribution in [2.75, 3.05) is 12.4 Å². The van der Waals surface area contributed by atoms with Crippen LogP contribution in [-0.4, -0.2) is 17.0 Å². The molecule has 0 saturated heterocycles. The van der Waals surface area contributed by atoms with Crippen LogP contribution in [0.2, 0.25) is 0 Å². The van der Waals surface area contributed by atoms with Crippen LogP contribution in [0, 0.1) is 10.1 Å². The van der Waals surface area contributed by atoms with Gasteiger partial charge in [-0.25, -0.2) is 4.98 Å². The van der Waals surface area contributed by atoms with Crippen LogP contribution in [0.25, 0.3) is 0 Å². The van der Waals surface area contributed by atoms with Gasteiger partial charge < -0.3 is 5.32 Å². The molecule has 0 aliphatic carbocycles. The van der Waals surface area contributed by atoms with Crippen LogP contribution in [0.15, 0.2) is 12.1 Å². The molecule has 82 valence electrons. The summed E-state index contributed by atoms with van der Waals surface area (Å²) in [6.07, 6.45) is 2.58. The Bertz CT molecular complexity index is 353. The number of aromatic nitrogens is 1. The number of pyridine rings is 1. The lowest BCUT2D eigenvalue weighted by atomic mass is 10.1. The Hall–Kier alpha value is -1.65. The predicted octanol–water partition coefficient (Wildman–Crippen LogP) is 2.37. The van der Waals surface area contributed by atoms with Crippen molar-refractivity contribution in [1.29, 1.82) is 0 Å². The molecule has 0 unspecified atom stereocenters. The molecule has 0 saturated carbocycles. The molecule has 0 bridgehead atoms. The normalized spacial score (nSPS) is 10.0. The SMILES string of the molecule is CCCCc1nc(NC)ccc1[N+](=O)[O-]. The molecule has 1 aromatic heterocycles. The van der Waals surface area contributed by atoms with E-state index >= 15 is 0 Å². The molecule has 0 aliphatic heterocycles. The lowest BCUT2D eigenvalue weighted by molar-refractivity contribution is -0.385. The second-order valence-electron chi connectivity index (χ2n) is 3.27. The first-order valence-electron chi connectivity index (χ1n) is 5.01. The smallest absolute Gasteiger partial charge is 0.290 e. The number of nitro groups is 1. The Morgan fingerprint density at radius 2 is 2.27 bits per heavy atom. The van der Waals surface area contributed by atoms with Crippen molar-refractivity contribution in [3.05, 3.63) is 27.9 Å². The van der Waals surface area contributed by atoms with Crippen molar-refractivity contribution in [2.45, 2.75) is 26.2 Å². The number of hydrogen-bond acceptors (Lipinski definition) is 4. The van der Waals surface area contributed by atoms with Crippen LogP contribution in [0.5, 0.6) is 0 Å². The fraction of sp³-hybridized carbons (Fsp3) is 0.500. The Labute approximate surface area is 88.7 Å². The van der Waals surface area contributed by atoms with E-state index in [9.17, 15) is 10.1 Å². The van der Waals surface area contributed by atoms with E-state index in [1.165, 1.54) is 6.07 Å². The minimum atomic E-state index is -0.378. The number of anilines is 1. The van der Waals surface area contributed by atoms with E-state index in [0.717, 1.165) is 12.8 Å². The van der Waals surface area contributed by atoms with E-state index in [2.05, 4.69) is 10.3 Å². The molecule has 0 fully saturated rings. The summed E-state index contributed by atoms with van der Waals surface area (Å²) in [5, 5.41) is 13.6. The van der Waals surface area contributed by atoms with Gasteiger partial charge in [0.25, 0.3) is 5.69 Å². The topological polar surface area (TPSA) is 68.1 Å². The zero-order valence-electron chi connectivity index (χ0n) is 8.99. The van der Waals surface area contributed by atoms with Crippen LogP contribution in [0.3, 0.4) is 0 Å². The number of hydrogen-bond donors (Lipinski definition) is 1. The summed E-state index contributed by atoms with van der Waals surface area (Å²) >= 11 is 0. The zero-order chi connectivity index (χ0) is 11.3. The molecule has 0 atom stereocenters. The van der Waals surface area contributed by atoms with Crippen molar-refractivity contribution in [3.63, 3.8) is 0 Å². The summed E-state index contributed by atoms with van der Waals surface area (Å²) in [6, 6.07) is 3.12. The molecule has 15 heavy (non-hydrogen) atoms. The maximum absolute atomic E-state index is 10.7. The van der Waals surface area contributed by atoms with Crippen molar-refractivity contribution >= 4 is 11.5 Å². The first-order chi connectivity index (χ1) is 7.19. The van der Waals surface area contributed by atoms with Gasteiger partial charge in [-0.05, 0) is 18.9 Å². The second-order valence-corrected chi connectivity index (χ2v) is 3.27. The first kappa shape index (κ1) is 11.4. The van der Waals surface area contributed by atoms with Gasteiger partial charge in [0.1, 0.15) is 11.5 Å². The van der Waals surface area contributed by atoms with Gasteiger partial charge in [0.15, 0.2) is 0 Å². The van der Waals surface area contributed by atoms with E-state index in [1.807, 2.05) is 6.92 Å². The Morgan fingerprint density at radius 3 is 2.80 bits per heavy atom. The summed E-state index contributed by atoms with van der Waals surface area (Å²) in [4.78, 5) is 14.5. The highest BCUT2D eigenvalue weighted by Crippen LogP contribution is 2.20. The lowest BCUT2D eigenvalue weighted by Gasteiger charge is -2.04. The molecule has 5 nitrogen and oxygen atoms in total. The first-order valence-corrected chi connectivity index (χ1v) is 5.01. The van der Waals surface area contributed by atoms with Gasteiger partial charge in [-0.1, -0.05) is 13.3 Å². The minimum Gasteiger partial charge on any atom is -0.373 e. The van der Waals surface area contributed by atoms with Gasteiger partial charge >= 0.3 is 0 Å². The molecule has 0 aromatic carbocycles. The third-order valence-corrected chi connectivity index (χ3v) is 2.17. The summed E-state index contributed by atoms with van der Waals surface area (Å²) in [7, 11) is 1.75. The quantitative estimate of drug-likeness (QED) is 0.597. The average molecular weight is 209 g/mol. The van der Waals surface area contributed by atoms with Crippen LogP contribution < -0.4 is 5.32 Å². The van der Waals surface area contributed by atoms with E-state index in [1.54, 1.807) is 13.1 Å². The molecule has 5 heteroatoms. The van der Waals surface area contributed by atoms with Crippen LogP contribution in [-0.2, 0) is 6.42 Å². The minimum absolute atomic E-state index is 0.113.